The van der Waals surface area contributed by atoms with Crippen LogP contribution in [0.25, 0.3) is 22.2 Å². The van der Waals surface area contributed by atoms with Gasteiger partial charge in [0.15, 0.2) is 0 Å². The van der Waals surface area contributed by atoms with Crippen molar-refractivity contribution in [3.63, 3.8) is 0 Å². The molecule has 0 bridgehead atoms. The van der Waals surface area contributed by atoms with Crippen LogP contribution in [0.5, 0.6) is 5.75 Å². The second-order valence-electron chi connectivity index (χ2n) is 5.27. The van der Waals surface area contributed by atoms with Gasteiger partial charge in [0.2, 0.25) is 5.91 Å². The summed E-state index contributed by atoms with van der Waals surface area (Å²) in [5.74, 6) is 0.523. The van der Waals surface area contributed by atoms with E-state index < -0.39 is 0 Å². The molecule has 24 heavy (non-hydrogen) atoms. The minimum atomic E-state index is -0.233. The molecule has 0 saturated carbocycles. The molecule has 0 atom stereocenters. The number of amides is 1. The predicted octanol–water partition coefficient (Wildman–Crippen LogP) is 4.28. The second kappa shape index (κ2) is 6.64. The number of fused-ring (bicyclic) bond motifs is 1. The Kier molecular flexibility index (Phi) is 4.57. The van der Waals surface area contributed by atoms with E-state index in [1.54, 1.807) is 13.3 Å². The molecule has 0 aliphatic rings. The fraction of sp³-hybridized carbons (Fsp3) is 0.111. The van der Waals surface area contributed by atoms with Gasteiger partial charge in [0.1, 0.15) is 11.4 Å². The number of nitrogens with one attached hydrogen (secondary N) is 2. The molecular formula is C18H16IN3O2. The number of anilines is 1. The van der Waals surface area contributed by atoms with Crippen LogP contribution in [0, 0.1) is 10.6 Å². The molecule has 0 fully saturated rings. The van der Waals surface area contributed by atoms with E-state index in [1.165, 1.54) is 6.08 Å². The third kappa shape index (κ3) is 2.89. The van der Waals surface area contributed by atoms with Crippen molar-refractivity contribution >= 4 is 45.2 Å². The van der Waals surface area contributed by atoms with Gasteiger partial charge in [-0.3, -0.25) is 4.79 Å². The molecule has 2 heterocycles. The van der Waals surface area contributed by atoms with E-state index >= 15 is 0 Å². The van der Waals surface area contributed by atoms with Crippen LogP contribution in [0.2, 0.25) is 0 Å². The van der Waals surface area contributed by atoms with E-state index in [9.17, 15) is 4.79 Å². The molecule has 6 heteroatoms. The minimum Gasteiger partial charge on any atom is -0.496 e. The van der Waals surface area contributed by atoms with Gasteiger partial charge >= 0.3 is 0 Å². The Bertz CT molecular complexity index is 947. The van der Waals surface area contributed by atoms with E-state index in [0.29, 0.717) is 0 Å². The number of aromatic nitrogens is 2. The highest BCUT2D eigenvalue weighted by Gasteiger charge is 2.17. The lowest BCUT2D eigenvalue weighted by atomic mass is 10.0. The summed E-state index contributed by atoms with van der Waals surface area (Å²) in [6.45, 7) is 5.44. The molecule has 0 saturated heterocycles. The maximum atomic E-state index is 11.6. The van der Waals surface area contributed by atoms with Crippen LogP contribution in [0.4, 0.5) is 5.69 Å². The number of ether oxygens (including phenoxy) is 1. The Morgan fingerprint density at radius 3 is 2.92 bits per heavy atom. The average molecular weight is 433 g/mol. The molecule has 122 valence electrons. The monoisotopic (exact) mass is 433 g/mol. The number of pyridine rings is 1. The predicted molar refractivity (Wildman–Crippen MR) is 104 cm³/mol. The number of carbonyl (C=O) groups is 1. The zero-order chi connectivity index (χ0) is 17.3. The van der Waals surface area contributed by atoms with E-state index in [4.69, 9.17) is 4.74 Å². The molecule has 0 spiro atoms. The van der Waals surface area contributed by atoms with Crippen LogP contribution in [0.15, 0.2) is 43.1 Å². The highest BCUT2D eigenvalue weighted by molar-refractivity contribution is 14.1. The highest BCUT2D eigenvalue weighted by atomic mass is 127. The maximum absolute atomic E-state index is 11.6. The number of hydrogen-bond acceptors (Lipinski definition) is 3. The molecule has 0 radical (unpaired) electrons. The molecule has 2 aromatic heterocycles. The molecule has 0 unspecified atom stereocenters. The molecule has 0 aliphatic heterocycles. The molecule has 3 rings (SSSR count). The average Bonchev–Trinajstić information content (AvgIpc) is 2.92. The fourth-order valence-electron chi connectivity index (χ4n) is 2.59. The van der Waals surface area contributed by atoms with Gasteiger partial charge in [-0.05, 0) is 58.9 Å². The third-order valence-corrected chi connectivity index (χ3v) is 4.61. The van der Waals surface area contributed by atoms with Crippen molar-refractivity contribution in [3.8, 4) is 16.9 Å². The largest absolute Gasteiger partial charge is 0.496 e. The number of H-pyrrole nitrogens is 1. The van der Waals surface area contributed by atoms with Crippen LogP contribution in [0.1, 0.15) is 5.56 Å². The van der Waals surface area contributed by atoms with Crippen molar-refractivity contribution in [2.24, 2.45) is 0 Å². The fourth-order valence-corrected chi connectivity index (χ4v) is 3.43. The molecule has 2 N–H and O–H groups in total. The number of nitrogens with zero attached hydrogens (tertiary/aromatic N) is 1. The quantitative estimate of drug-likeness (QED) is 0.477. The van der Waals surface area contributed by atoms with Crippen LogP contribution >= 0.6 is 22.6 Å². The summed E-state index contributed by atoms with van der Waals surface area (Å²) in [6.07, 6.45) is 2.97. The molecular weight excluding hydrogens is 417 g/mol. The number of carbonyl (C=O) groups excluding carboxylic acids is 1. The lowest BCUT2D eigenvalue weighted by Gasteiger charge is -2.10. The first kappa shape index (κ1) is 16.5. The Hall–Kier alpha value is -2.35. The first-order chi connectivity index (χ1) is 11.5. The van der Waals surface area contributed by atoms with Gasteiger partial charge in [-0.1, -0.05) is 18.7 Å². The lowest BCUT2D eigenvalue weighted by molar-refractivity contribution is -0.111. The van der Waals surface area contributed by atoms with Crippen LogP contribution in [-0.4, -0.2) is 23.0 Å². The van der Waals surface area contributed by atoms with Crippen LogP contribution < -0.4 is 10.1 Å². The number of aromatic amines is 1. The van der Waals surface area contributed by atoms with Gasteiger partial charge in [-0.2, -0.15) is 0 Å². The SMILES string of the molecule is C=CC(=O)Nc1cc(-c2c(I)[nH]c3nccc(OC)c23)ccc1C. The summed E-state index contributed by atoms with van der Waals surface area (Å²) in [4.78, 5) is 19.3. The molecule has 3 aromatic rings. The van der Waals surface area contributed by atoms with Gasteiger partial charge < -0.3 is 15.0 Å². The first-order valence-corrected chi connectivity index (χ1v) is 8.37. The topological polar surface area (TPSA) is 67.0 Å². The number of benzene rings is 1. The Labute approximate surface area is 153 Å². The molecule has 1 aromatic carbocycles. The second-order valence-corrected chi connectivity index (χ2v) is 6.35. The number of methoxy groups -OCH3 is 1. The number of rotatable bonds is 4. The first-order valence-electron chi connectivity index (χ1n) is 7.29. The van der Waals surface area contributed by atoms with Crippen molar-refractivity contribution in [2.45, 2.75) is 6.92 Å². The van der Waals surface area contributed by atoms with Crippen LogP contribution in [-0.2, 0) is 4.79 Å². The number of halogens is 1. The van der Waals surface area contributed by atoms with Crippen molar-refractivity contribution in [1.29, 1.82) is 0 Å². The number of aryl methyl sites for hydroxylation is 1. The third-order valence-electron chi connectivity index (χ3n) is 3.80. The smallest absolute Gasteiger partial charge is 0.247 e. The highest BCUT2D eigenvalue weighted by Crippen LogP contribution is 2.39. The molecule has 5 nitrogen and oxygen atoms in total. The van der Waals surface area contributed by atoms with Gasteiger partial charge in [0.25, 0.3) is 0 Å². The van der Waals surface area contributed by atoms with Crippen molar-refractivity contribution in [3.05, 3.63) is 52.4 Å². The van der Waals surface area contributed by atoms with Gasteiger partial charge in [0.05, 0.1) is 16.2 Å². The zero-order valence-corrected chi connectivity index (χ0v) is 15.5. The Morgan fingerprint density at radius 1 is 1.42 bits per heavy atom. The summed E-state index contributed by atoms with van der Waals surface area (Å²) in [7, 11) is 1.64. The van der Waals surface area contributed by atoms with Crippen molar-refractivity contribution in [1.82, 2.24) is 9.97 Å². The van der Waals surface area contributed by atoms with E-state index in [-0.39, 0.29) is 5.91 Å². The normalized spacial score (nSPS) is 10.6. The van der Waals surface area contributed by atoms with Gasteiger partial charge in [-0.15, -0.1) is 0 Å². The van der Waals surface area contributed by atoms with E-state index in [1.807, 2.05) is 31.2 Å². The lowest BCUT2D eigenvalue weighted by Crippen LogP contribution is -2.08. The summed E-state index contributed by atoms with van der Waals surface area (Å²) in [6, 6.07) is 7.79. The van der Waals surface area contributed by atoms with E-state index in [0.717, 1.165) is 42.9 Å². The summed E-state index contributed by atoms with van der Waals surface area (Å²) >= 11 is 2.25. The minimum absolute atomic E-state index is 0.233. The van der Waals surface area contributed by atoms with E-state index in [2.05, 4.69) is 44.5 Å². The van der Waals surface area contributed by atoms with Crippen molar-refractivity contribution in [2.75, 3.05) is 12.4 Å². The summed E-state index contributed by atoms with van der Waals surface area (Å²) in [5.41, 5.74) is 4.48. The maximum Gasteiger partial charge on any atom is 0.247 e. The van der Waals surface area contributed by atoms with Gasteiger partial charge in [-0.25, -0.2) is 4.98 Å². The Morgan fingerprint density at radius 2 is 2.21 bits per heavy atom. The zero-order valence-electron chi connectivity index (χ0n) is 13.3. The van der Waals surface area contributed by atoms with Crippen molar-refractivity contribution < 1.29 is 9.53 Å². The summed E-state index contributed by atoms with van der Waals surface area (Å²) < 4.78 is 6.45. The standard InChI is InChI=1S/C18H16IN3O2/c1-4-14(23)21-12-9-11(6-5-10(12)2)15-16-13(24-3)7-8-20-18(16)22-17(15)19/h4-9H,1H2,2-3H3,(H,20,22)(H,21,23). The molecule has 1 amide bonds. The summed E-state index contributed by atoms with van der Waals surface area (Å²) in [5, 5.41) is 3.77. The van der Waals surface area contributed by atoms with Crippen LogP contribution in [0.3, 0.4) is 0 Å². The number of hydrogen-bond donors (Lipinski definition) is 2. The molecule has 0 aliphatic carbocycles. The van der Waals surface area contributed by atoms with Gasteiger partial charge in [0, 0.05) is 17.4 Å². The Balaban J connectivity index is 2.21.